The molecule has 0 radical (unpaired) electrons. The molecule has 2 N–H and O–H groups in total. The van der Waals surface area contributed by atoms with E-state index >= 15 is 0 Å². The predicted octanol–water partition coefficient (Wildman–Crippen LogP) is 4.40. The average molecular weight is 405 g/mol. The molecular formula is C24H28N4O2. The lowest BCUT2D eigenvalue weighted by Crippen LogP contribution is -2.40. The van der Waals surface area contributed by atoms with E-state index < -0.39 is 0 Å². The van der Waals surface area contributed by atoms with Crippen LogP contribution in [0, 0.1) is 6.92 Å². The highest BCUT2D eigenvalue weighted by molar-refractivity contribution is 6.11. The normalized spacial score (nSPS) is 19.1. The summed E-state index contributed by atoms with van der Waals surface area (Å²) >= 11 is 0. The van der Waals surface area contributed by atoms with E-state index in [2.05, 4.69) is 16.9 Å². The average Bonchev–Trinajstić information content (AvgIpc) is 3.55. The number of anilines is 1. The largest absolute Gasteiger partial charge is 0.438 e. The first-order chi connectivity index (χ1) is 14.5. The fraction of sp³-hybridized carbons (Fsp3) is 0.375. The predicted molar refractivity (Wildman–Crippen MR) is 120 cm³/mol. The van der Waals surface area contributed by atoms with Gasteiger partial charge in [0.1, 0.15) is 5.75 Å². The highest BCUT2D eigenvalue weighted by atomic mass is 16.5. The Balaban J connectivity index is 1.83. The van der Waals surface area contributed by atoms with Gasteiger partial charge in [0, 0.05) is 54.3 Å². The number of ether oxygens (including phenoxy) is 1. The van der Waals surface area contributed by atoms with Gasteiger partial charge in [0.2, 0.25) is 11.8 Å². The summed E-state index contributed by atoms with van der Waals surface area (Å²) in [5.41, 5.74) is 10.6. The SMILES string of the molecule is CC(=O)N1c2ccc(C(C=NC3CC3)=CN)c(Oc3ccc(C)cn3)c2CC[C@@H]1C. The molecule has 0 unspecified atom stereocenters. The molecule has 2 aromatic rings. The summed E-state index contributed by atoms with van der Waals surface area (Å²) in [6.07, 6.45) is 9.11. The van der Waals surface area contributed by atoms with Crippen molar-refractivity contribution in [1.29, 1.82) is 0 Å². The molecule has 1 aromatic carbocycles. The lowest BCUT2D eigenvalue weighted by atomic mass is 9.92. The minimum Gasteiger partial charge on any atom is -0.438 e. The number of aliphatic imine (C=N–C) groups is 1. The molecule has 1 aromatic heterocycles. The Morgan fingerprint density at radius 3 is 2.70 bits per heavy atom. The van der Waals surface area contributed by atoms with Gasteiger partial charge in [0.15, 0.2) is 0 Å². The molecular weight excluding hydrogens is 376 g/mol. The molecule has 2 heterocycles. The molecule has 1 saturated carbocycles. The molecule has 6 nitrogen and oxygen atoms in total. The smallest absolute Gasteiger partial charge is 0.224 e. The third-order valence-corrected chi connectivity index (χ3v) is 5.64. The third-order valence-electron chi connectivity index (χ3n) is 5.64. The van der Waals surface area contributed by atoms with Gasteiger partial charge in [-0.05, 0) is 57.2 Å². The van der Waals surface area contributed by atoms with Gasteiger partial charge in [-0.25, -0.2) is 4.98 Å². The van der Waals surface area contributed by atoms with Crippen molar-refractivity contribution in [3.05, 3.63) is 53.4 Å². The standard InChI is InChI=1S/C24H28N4O2/c1-15-4-11-23(27-13-15)30-24-20(18(12-25)14-26-19-6-7-19)9-10-22-21(24)8-5-16(2)28(22)17(3)29/h4,9-14,16,19H,5-8,25H2,1-3H3/t16-/m0/s1. The van der Waals surface area contributed by atoms with Gasteiger partial charge >= 0.3 is 0 Å². The van der Waals surface area contributed by atoms with E-state index in [4.69, 9.17) is 10.5 Å². The Bertz CT molecular complexity index is 1010. The van der Waals surface area contributed by atoms with Gasteiger partial charge in [0.05, 0.1) is 11.7 Å². The van der Waals surface area contributed by atoms with E-state index in [1.54, 1.807) is 19.3 Å². The van der Waals surface area contributed by atoms with Crippen molar-refractivity contribution in [1.82, 2.24) is 4.98 Å². The Kier molecular flexibility index (Phi) is 5.57. The maximum absolute atomic E-state index is 12.4. The maximum atomic E-state index is 12.4. The zero-order valence-electron chi connectivity index (χ0n) is 17.8. The van der Waals surface area contributed by atoms with Crippen LogP contribution in [0.5, 0.6) is 11.6 Å². The Morgan fingerprint density at radius 1 is 1.27 bits per heavy atom. The molecule has 0 bridgehead atoms. The second-order valence-corrected chi connectivity index (χ2v) is 8.12. The molecule has 1 aliphatic carbocycles. The molecule has 0 saturated heterocycles. The molecule has 156 valence electrons. The summed E-state index contributed by atoms with van der Waals surface area (Å²) in [5.74, 6) is 1.24. The van der Waals surface area contributed by atoms with Crippen molar-refractivity contribution in [2.24, 2.45) is 10.7 Å². The van der Waals surface area contributed by atoms with Crippen LogP contribution < -0.4 is 15.4 Å². The van der Waals surface area contributed by atoms with Crippen LogP contribution >= 0.6 is 0 Å². The van der Waals surface area contributed by atoms with Crippen molar-refractivity contribution >= 4 is 23.4 Å². The summed E-state index contributed by atoms with van der Waals surface area (Å²) < 4.78 is 6.32. The van der Waals surface area contributed by atoms with Crippen LogP contribution in [0.15, 0.2) is 41.7 Å². The maximum Gasteiger partial charge on any atom is 0.224 e. The van der Waals surface area contributed by atoms with E-state index in [1.807, 2.05) is 42.3 Å². The molecule has 2 aliphatic rings. The second kappa shape index (κ2) is 8.30. The summed E-state index contributed by atoms with van der Waals surface area (Å²) in [5, 5.41) is 0. The van der Waals surface area contributed by atoms with E-state index in [0.29, 0.717) is 17.7 Å². The number of carbonyl (C=O) groups excluding carboxylic acids is 1. The van der Waals surface area contributed by atoms with Gasteiger partial charge in [-0.1, -0.05) is 6.07 Å². The summed E-state index contributed by atoms with van der Waals surface area (Å²) in [4.78, 5) is 23.2. The van der Waals surface area contributed by atoms with Crippen molar-refractivity contribution in [2.45, 2.75) is 58.5 Å². The lowest BCUT2D eigenvalue weighted by Gasteiger charge is -2.36. The number of aryl methyl sites for hydroxylation is 1. The van der Waals surface area contributed by atoms with Gasteiger partial charge in [-0.15, -0.1) is 0 Å². The van der Waals surface area contributed by atoms with Crippen LogP contribution in [0.1, 0.15) is 49.8 Å². The van der Waals surface area contributed by atoms with Gasteiger partial charge in [0.25, 0.3) is 0 Å². The number of hydrogen-bond donors (Lipinski definition) is 1. The fourth-order valence-electron chi connectivity index (χ4n) is 3.86. The molecule has 6 heteroatoms. The number of nitrogens with two attached hydrogens (primary N) is 1. The number of fused-ring (bicyclic) bond motifs is 1. The number of carbonyl (C=O) groups is 1. The summed E-state index contributed by atoms with van der Waals surface area (Å²) in [6, 6.07) is 8.33. The first-order valence-electron chi connectivity index (χ1n) is 10.5. The zero-order valence-corrected chi connectivity index (χ0v) is 17.8. The van der Waals surface area contributed by atoms with E-state index in [9.17, 15) is 4.79 Å². The Labute approximate surface area is 177 Å². The van der Waals surface area contributed by atoms with Gasteiger partial charge < -0.3 is 15.4 Å². The Morgan fingerprint density at radius 2 is 2.07 bits per heavy atom. The quantitative estimate of drug-likeness (QED) is 0.749. The summed E-state index contributed by atoms with van der Waals surface area (Å²) in [7, 11) is 0. The Hall–Kier alpha value is -3.15. The van der Waals surface area contributed by atoms with Crippen LogP contribution in [0.2, 0.25) is 0 Å². The van der Waals surface area contributed by atoms with Crippen molar-refractivity contribution in [2.75, 3.05) is 4.90 Å². The van der Waals surface area contributed by atoms with E-state index in [1.165, 1.54) is 0 Å². The fourth-order valence-corrected chi connectivity index (χ4v) is 3.86. The minimum absolute atomic E-state index is 0.0282. The van der Waals surface area contributed by atoms with Crippen LogP contribution in [-0.4, -0.2) is 29.2 Å². The summed E-state index contributed by atoms with van der Waals surface area (Å²) in [6.45, 7) is 5.67. The number of amides is 1. The molecule has 4 rings (SSSR count). The molecule has 1 fully saturated rings. The first-order valence-corrected chi connectivity index (χ1v) is 10.5. The van der Waals surface area contributed by atoms with Crippen LogP contribution in [-0.2, 0) is 11.2 Å². The van der Waals surface area contributed by atoms with Crippen molar-refractivity contribution in [3.63, 3.8) is 0 Å². The number of aromatic nitrogens is 1. The number of allylic oxidation sites excluding steroid dienone is 1. The lowest BCUT2D eigenvalue weighted by molar-refractivity contribution is -0.117. The highest BCUT2D eigenvalue weighted by Gasteiger charge is 2.30. The van der Waals surface area contributed by atoms with E-state index in [0.717, 1.165) is 53.6 Å². The molecule has 1 atom stereocenters. The second-order valence-electron chi connectivity index (χ2n) is 8.12. The van der Waals surface area contributed by atoms with Gasteiger partial charge in [-0.2, -0.15) is 0 Å². The minimum atomic E-state index is 0.0282. The first kappa shape index (κ1) is 20.1. The number of rotatable bonds is 5. The molecule has 30 heavy (non-hydrogen) atoms. The highest BCUT2D eigenvalue weighted by Crippen LogP contribution is 2.42. The van der Waals surface area contributed by atoms with Gasteiger partial charge in [-0.3, -0.25) is 9.79 Å². The molecule has 1 amide bonds. The molecule has 1 aliphatic heterocycles. The van der Waals surface area contributed by atoms with Crippen molar-refractivity contribution < 1.29 is 9.53 Å². The number of hydrogen-bond acceptors (Lipinski definition) is 5. The molecule has 0 spiro atoms. The monoisotopic (exact) mass is 404 g/mol. The number of nitrogens with zero attached hydrogens (tertiary/aromatic N) is 3. The van der Waals surface area contributed by atoms with Crippen LogP contribution in [0.4, 0.5) is 5.69 Å². The topological polar surface area (TPSA) is 80.8 Å². The van der Waals surface area contributed by atoms with Crippen LogP contribution in [0.3, 0.4) is 0 Å². The zero-order chi connectivity index (χ0) is 21.3. The third kappa shape index (κ3) is 4.08. The van der Waals surface area contributed by atoms with Crippen molar-refractivity contribution in [3.8, 4) is 11.6 Å². The number of benzene rings is 1. The number of pyridine rings is 1. The van der Waals surface area contributed by atoms with E-state index in [-0.39, 0.29) is 11.9 Å². The van der Waals surface area contributed by atoms with Crippen LogP contribution in [0.25, 0.3) is 5.57 Å².